The van der Waals surface area contributed by atoms with Crippen molar-refractivity contribution in [2.45, 2.75) is 64.0 Å². The van der Waals surface area contributed by atoms with Gasteiger partial charge in [-0.15, -0.1) is 0 Å². The van der Waals surface area contributed by atoms with Gasteiger partial charge >= 0.3 is 5.97 Å². The predicted molar refractivity (Wildman–Crippen MR) is 157 cm³/mol. The molecule has 4 aromatic rings. The number of halogens is 2. The average molecular weight is 623 g/mol. The normalized spacial score (nSPS) is 21.9. The van der Waals surface area contributed by atoms with Crippen LogP contribution in [0.4, 0.5) is 4.39 Å². The predicted octanol–water partition coefficient (Wildman–Crippen LogP) is 6.15. The molecule has 2 aromatic carbocycles. The fourth-order valence-electron chi connectivity index (χ4n) is 6.37. The molecular weight excluding hydrogens is 591 g/mol. The number of imidazole rings is 1. The standard InChI is InChI=1S/C32H32ClFN4O6/c1-18-28(30-35-15-26(42-30)31(39)40)38(16-21-10-13-41-21)27(36-18)17-37-11-8-19(9-12-37)22-4-3-5-25-29(22)44-32(2,43-25)23-7-6-20(33)14-24(23)34/h3-7,14-15,19,21H,8-13,16-17H2,1-2H3,(H,39,40)/t21-,32-/m0/s1. The highest BCUT2D eigenvalue weighted by Crippen LogP contribution is 2.50. The number of carboxylic acid groups (broad SMARTS) is 1. The van der Waals surface area contributed by atoms with Gasteiger partial charge in [-0.3, -0.25) is 4.90 Å². The second-order valence-corrected chi connectivity index (χ2v) is 12.1. The second kappa shape index (κ2) is 11.2. The summed E-state index contributed by atoms with van der Waals surface area (Å²) in [5.41, 5.74) is 2.75. The Morgan fingerprint density at radius 1 is 1.18 bits per heavy atom. The van der Waals surface area contributed by atoms with Gasteiger partial charge in [0.05, 0.1) is 36.6 Å². The maximum Gasteiger partial charge on any atom is 0.373 e. The third kappa shape index (κ3) is 5.22. The van der Waals surface area contributed by atoms with Gasteiger partial charge in [0, 0.05) is 24.1 Å². The SMILES string of the molecule is Cc1nc(CN2CCC(c3cccc4c3O[C@@](C)(c3ccc(Cl)cc3F)O4)CC2)n(C[C@@H]2CCO2)c1-c1ncc(C(=O)O)o1. The number of para-hydroxylation sites is 1. The third-order valence-electron chi connectivity index (χ3n) is 8.74. The van der Waals surface area contributed by atoms with E-state index in [0.717, 1.165) is 56.0 Å². The molecule has 7 rings (SSSR count). The highest BCUT2D eigenvalue weighted by Gasteiger charge is 2.43. The van der Waals surface area contributed by atoms with Gasteiger partial charge in [0.1, 0.15) is 17.3 Å². The molecule has 0 saturated carbocycles. The monoisotopic (exact) mass is 622 g/mol. The van der Waals surface area contributed by atoms with Crippen LogP contribution in [-0.2, 0) is 23.6 Å². The van der Waals surface area contributed by atoms with E-state index in [1.54, 1.807) is 19.1 Å². The molecule has 2 fully saturated rings. The fraction of sp³-hybridized carbons (Fsp3) is 0.406. The molecule has 44 heavy (non-hydrogen) atoms. The average Bonchev–Trinajstić information content (AvgIpc) is 3.66. The molecule has 3 aliphatic rings. The lowest BCUT2D eigenvalue weighted by atomic mass is 9.88. The van der Waals surface area contributed by atoms with Crippen LogP contribution in [0, 0.1) is 12.7 Å². The van der Waals surface area contributed by atoms with Gasteiger partial charge in [-0.2, -0.15) is 0 Å². The Labute approximate surface area is 258 Å². The summed E-state index contributed by atoms with van der Waals surface area (Å²) in [6.45, 7) is 7.21. The van der Waals surface area contributed by atoms with Crippen LogP contribution < -0.4 is 9.47 Å². The summed E-state index contributed by atoms with van der Waals surface area (Å²) in [7, 11) is 0. The van der Waals surface area contributed by atoms with Gasteiger partial charge < -0.3 is 28.3 Å². The van der Waals surface area contributed by atoms with E-state index in [2.05, 4.69) is 20.5 Å². The summed E-state index contributed by atoms with van der Waals surface area (Å²) in [4.78, 5) is 22.9. The Hall–Kier alpha value is -3.93. The molecule has 2 aromatic heterocycles. The highest BCUT2D eigenvalue weighted by molar-refractivity contribution is 6.30. The van der Waals surface area contributed by atoms with Crippen molar-refractivity contribution in [3.05, 3.63) is 81.8 Å². The number of hydrogen-bond donors (Lipinski definition) is 1. The minimum Gasteiger partial charge on any atom is -0.475 e. The van der Waals surface area contributed by atoms with Gasteiger partial charge in [0.25, 0.3) is 5.79 Å². The van der Waals surface area contributed by atoms with Crippen LogP contribution in [-0.4, -0.2) is 56.3 Å². The molecule has 0 aliphatic carbocycles. The Kier molecular flexibility index (Phi) is 7.34. The van der Waals surface area contributed by atoms with Gasteiger partial charge in [0.2, 0.25) is 11.7 Å². The molecule has 2 saturated heterocycles. The summed E-state index contributed by atoms with van der Waals surface area (Å²) in [5, 5.41) is 9.65. The number of likely N-dealkylation sites (tertiary alicyclic amines) is 1. The summed E-state index contributed by atoms with van der Waals surface area (Å²) in [6.07, 6.45) is 4.03. The molecule has 0 radical (unpaired) electrons. The lowest BCUT2D eigenvalue weighted by Crippen LogP contribution is -2.35. The Bertz CT molecular complexity index is 1730. The number of ether oxygens (including phenoxy) is 3. The van der Waals surface area contributed by atoms with Crippen molar-refractivity contribution in [3.8, 4) is 23.1 Å². The van der Waals surface area contributed by atoms with Crippen molar-refractivity contribution >= 4 is 17.6 Å². The van der Waals surface area contributed by atoms with Crippen molar-refractivity contribution in [3.63, 3.8) is 0 Å². The van der Waals surface area contributed by atoms with E-state index in [0.29, 0.717) is 40.9 Å². The first-order valence-electron chi connectivity index (χ1n) is 14.7. The summed E-state index contributed by atoms with van der Waals surface area (Å²) >= 11 is 5.97. The minimum atomic E-state index is -1.29. The zero-order valence-electron chi connectivity index (χ0n) is 24.4. The van der Waals surface area contributed by atoms with Crippen LogP contribution in [0.5, 0.6) is 11.5 Å². The van der Waals surface area contributed by atoms with Crippen molar-refractivity contribution in [2.75, 3.05) is 19.7 Å². The van der Waals surface area contributed by atoms with Gasteiger partial charge in [-0.05, 0) is 69.5 Å². The lowest BCUT2D eigenvalue weighted by Gasteiger charge is -2.33. The van der Waals surface area contributed by atoms with Crippen LogP contribution in [0.1, 0.15) is 65.3 Å². The first-order chi connectivity index (χ1) is 21.2. The zero-order chi connectivity index (χ0) is 30.6. The summed E-state index contributed by atoms with van der Waals surface area (Å²) in [6, 6.07) is 10.4. The fourth-order valence-corrected chi connectivity index (χ4v) is 6.53. The molecule has 0 amide bonds. The van der Waals surface area contributed by atoms with Gasteiger partial charge in [-0.1, -0.05) is 23.7 Å². The number of benzene rings is 2. The van der Waals surface area contributed by atoms with E-state index in [1.165, 1.54) is 12.3 Å². The number of fused-ring (bicyclic) bond motifs is 1. The van der Waals surface area contributed by atoms with E-state index in [4.69, 9.17) is 35.2 Å². The van der Waals surface area contributed by atoms with Crippen molar-refractivity contribution in [1.29, 1.82) is 0 Å². The van der Waals surface area contributed by atoms with E-state index in [-0.39, 0.29) is 23.7 Å². The number of hydrogen-bond acceptors (Lipinski definition) is 8. The third-order valence-corrected chi connectivity index (χ3v) is 8.98. The van der Waals surface area contributed by atoms with Crippen molar-refractivity contribution < 1.29 is 32.9 Å². The number of carbonyl (C=O) groups is 1. The Morgan fingerprint density at radius 2 is 1.98 bits per heavy atom. The van der Waals surface area contributed by atoms with Gasteiger partial charge in [-0.25, -0.2) is 19.2 Å². The molecule has 12 heteroatoms. The molecule has 2 atom stereocenters. The molecule has 5 heterocycles. The molecule has 0 unspecified atom stereocenters. The number of aryl methyl sites for hydroxylation is 1. The van der Waals surface area contributed by atoms with E-state index < -0.39 is 17.6 Å². The molecule has 3 aliphatic heterocycles. The molecule has 230 valence electrons. The smallest absolute Gasteiger partial charge is 0.373 e. The molecule has 0 bridgehead atoms. The largest absolute Gasteiger partial charge is 0.475 e. The maximum absolute atomic E-state index is 14.8. The molecule has 1 N–H and O–H groups in total. The maximum atomic E-state index is 14.8. The number of aromatic carboxylic acids is 1. The number of rotatable bonds is 8. The van der Waals surface area contributed by atoms with E-state index >= 15 is 0 Å². The molecule has 0 spiro atoms. The molecular formula is C32H32ClFN4O6. The zero-order valence-corrected chi connectivity index (χ0v) is 25.1. The van der Waals surface area contributed by atoms with Crippen molar-refractivity contribution in [1.82, 2.24) is 19.4 Å². The summed E-state index contributed by atoms with van der Waals surface area (Å²) < 4.78 is 40.7. The molecule has 10 nitrogen and oxygen atoms in total. The van der Waals surface area contributed by atoms with Crippen LogP contribution >= 0.6 is 11.6 Å². The topological polar surface area (TPSA) is 112 Å². The van der Waals surface area contributed by atoms with Crippen LogP contribution in [0.2, 0.25) is 5.02 Å². The number of oxazole rings is 1. The number of carboxylic acids is 1. The van der Waals surface area contributed by atoms with E-state index in [9.17, 15) is 14.3 Å². The Balaban J connectivity index is 1.08. The van der Waals surface area contributed by atoms with Crippen molar-refractivity contribution in [2.24, 2.45) is 0 Å². The quantitative estimate of drug-likeness (QED) is 0.247. The van der Waals surface area contributed by atoms with E-state index in [1.807, 2.05) is 19.1 Å². The number of aromatic nitrogens is 3. The Morgan fingerprint density at radius 3 is 2.66 bits per heavy atom. The van der Waals surface area contributed by atoms with Gasteiger partial charge in [0.15, 0.2) is 11.5 Å². The second-order valence-electron chi connectivity index (χ2n) is 11.7. The first kappa shape index (κ1) is 28.8. The first-order valence-corrected chi connectivity index (χ1v) is 15.1. The van der Waals surface area contributed by atoms with Crippen LogP contribution in [0.15, 0.2) is 47.0 Å². The summed E-state index contributed by atoms with van der Waals surface area (Å²) in [5.74, 6) is -0.552. The van der Waals surface area contributed by atoms with Crippen LogP contribution in [0.25, 0.3) is 11.6 Å². The minimum absolute atomic E-state index is 0.0650. The number of nitrogens with zero attached hydrogens (tertiary/aromatic N) is 4. The number of piperidine rings is 1. The highest BCUT2D eigenvalue weighted by atomic mass is 35.5. The lowest BCUT2D eigenvalue weighted by molar-refractivity contribution is -0.0712. The van der Waals surface area contributed by atoms with Crippen LogP contribution in [0.3, 0.4) is 0 Å².